The largest absolute Gasteiger partial charge is 0.496 e. The third-order valence-corrected chi connectivity index (χ3v) is 5.21. The highest BCUT2D eigenvalue weighted by molar-refractivity contribution is 6.30. The second-order valence-corrected chi connectivity index (χ2v) is 7.08. The van der Waals surface area contributed by atoms with Gasteiger partial charge in [0, 0.05) is 11.4 Å². The molecule has 1 aromatic rings. The summed E-state index contributed by atoms with van der Waals surface area (Å²) in [6.45, 7) is 4.61. The Labute approximate surface area is 133 Å². The van der Waals surface area contributed by atoms with Crippen LogP contribution in [0.25, 0.3) is 0 Å². The summed E-state index contributed by atoms with van der Waals surface area (Å²) in [6.07, 6.45) is 5.07. The topological polar surface area (TPSA) is 29.5 Å². The molecule has 0 spiro atoms. The third-order valence-electron chi connectivity index (χ3n) is 4.97. The molecule has 0 amide bonds. The van der Waals surface area contributed by atoms with Gasteiger partial charge in [0.25, 0.3) is 0 Å². The van der Waals surface area contributed by atoms with Gasteiger partial charge in [-0.05, 0) is 67.2 Å². The van der Waals surface area contributed by atoms with Crippen molar-refractivity contribution in [3.05, 3.63) is 28.8 Å². The second-order valence-electron chi connectivity index (χ2n) is 6.65. The first-order chi connectivity index (χ1) is 10.0. The van der Waals surface area contributed by atoms with E-state index in [0.717, 1.165) is 36.0 Å². The van der Waals surface area contributed by atoms with Crippen molar-refractivity contribution in [3.63, 3.8) is 0 Å². The van der Waals surface area contributed by atoms with Crippen LogP contribution >= 0.6 is 11.6 Å². The van der Waals surface area contributed by atoms with E-state index < -0.39 is 0 Å². The van der Waals surface area contributed by atoms with E-state index in [9.17, 15) is 5.11 Å². The van der Waals surface area contributed by atoms with Gasteiger partial charge in [-0.1, -0.05) is 25.4 Å². The molecule has 2 rings (SSSR count). The summed E-state index contributed by atoms with van der Waals surface area (Å²) in [5, 5.41) is 11.3. The van der Waals surface area contributed by atoms with E-state index in [2.05, 4.69) is 13.8 Å². The Morgan fingerprint density at radius 3 is 2.38 bits per heavy atom. The van der Waals surface area contributed by atoms with Crippen LogP contribution < -0.4 is 4.74 Å². The summed E-state index contributed by atoms with van der Waals surface area (Å²) in [6, 6.07) is 5.60. The van der Waals surface area contributed by atoms with Crippen molar-refractivity contribution in [2.45, 2.75) is 52.1 Å². The maximum absolute atomic E-state index is 10.6. The Balaban J connectivity index is 1.96. The molecule has 1 aliphatic rings. The predicted molar refractivity (Wildman–Crippen MR) is 88.0 cm³/mol. The number of hydrogen-bond donors (Lipinski definition) is 1. The van der Waals surface area contributed by atoms with Gasteiger partial charge in [0.15, 0.2) is 0 Å². The lowest BCUT2D eigenvalue weighted by Crippen LogP contribution is -2.29. The minimum atomic E-state index is -0.300. The zero-order valence-electron chi connectivity index (χ0n) is 13.3. The third kappa shape index (κ3) is 4.37. The monoisotopic (exact) mass is 310 g/mol. The van der Waals surface area contributed by atoms with Gasteiger partial charge < -0.3 is 9.84 Å². The van der Waals surface area contributed by atoms with Crippen LogP contribution in [0.3, 0.4) is 0 Å². The molecule has 0 heterocycles. The number of ether oxygens (including phenoxy) is 1. The molecule has 1 N–H and O–H groups in total. The zero-order chi connectivity index (χ0) is 15.4. The van der Waals surface area contributed by atoms with Crippen LogP contribution in [0.1, 0.15) is 45.1 Å². The molecule has 0 bridgehead atoms. The average Bonchev–Trinajstić information content (AvgIpc) is 2.47. The van der Waals surface area contributed by atoms with E-state index >= 15 is 0 Å². The molecule has 21 heavy (non-hydrogen) atoms. The quantitative estimate of drug-likeness (QED) is 0.853. The SMILES string of the molecule is COc1ccc(Cl)cc1CC(O)C1CCC(C(C)C)CC1. The van der Waals surface area contributed by atoms with Gasteiger partial charge in [0.1, 0.15) is 5.75 Å². The highest BCUT2D eigenvalue weighted by atomic mass is 35.5. The summed E-state index contributed by atoms with van der Waals surface area (Å²) in [7, 11) is 1.66. The van der Waals surface area contributed by atoms with E-state index in [1.54, 1.807) is 7.11 Å². The van der Waals surface area contributed by atoms with Crippen LogP contribution in [0.2, 0.25) is 5.02 Å². The average molecular weight is 311 g/mol. The first kappa shape index (κ1) is 16.6. The predicted octanol–water partition coefficient (Wildman–Crippen LogP) is 4.71. The maximum Gasteiger partial charge on any atom is 0.122 e. The highest BCUT2D eigenvalue weighted by Gasteiger charge is 2.28. The number of aliphatic hydroxyl groups excluding tert-OH is 1. The van der Waals surface area contributed by atoms with Crippen molar-refractivity contribution in [1.29, 1.82) is 0 Å². The molecule has 3 heteroatoms. The van der Waals surface area contributed by atoms with Gasteiger partial charge in [-0.25, -0.2) is 0 Å². The minimum absolute atomic E-state index is 0.300. The van der Waals surface area contributed by atoms with Crippen LogP contribution in [0.5, 0.6) is 5.75 Å². The Bertz CT molecular complexity index is 451. The second kappa shape index (κ2) is 7.51. The molecule has 1 aromatic carbocycles. The van der Waals surface area contributed by atoms with Crippen molar-refractivity contribution in [3.8, 4) is 5.75 Å². The Kier molecular flexibility index (Phi) is 5.95. The normalized spacial score (nSPS) is 24.1. The zero-order valence-corrected chi connectivity index (χ0v) is 14.1. The molecular weight excluding hydrogens is 284 g/mol. The fourth-order valence-corrected chi connectivity index (χ4v) is 3.69. The van der Waals surface area contributed by atoms with Gasteiger partial charge in [0.2, 0.25) is 0 Å². The van der Waals surface area contributed by atoms with E-state index in [0.29, 0.717) is 17.4 Å². The van der Waals surface area contributed by atoms with Crippen LogP contribution in [-0.4, -0.2) is 18.3 Å². The van der Waals surface area contributed by atoms with Gasteiger partial charge in [-0.2, -0.15) is 0 Å². The summed E-state index contributed by atoms with van der Waals surface area (Å²) in [5.74, 6) is 2.81. The lowest BCUT2D eigenvalue weighted by atomic mass is 9.74. The van der Waals surface area contributed by atoms with Gasteiger partial charge in [-0.3, -0.25) is 0 Å². The number of halogens is 1. The van der Waals surface area contributed by atoms with E-state index in [-0.39, 0.29) is 6.10 Å². The van der Waals surface area contributed by atoms with Crippen molar-refractivity contribution >= 4 is 11.6 Å². The fourth-order valence-electron chi connectivity index (χ4n) is 3.50. The number of hydrogen-bond acceptors (Lipinski definition) is 2. The number of methoxy groups -OCH3 is 1. The van der Waals surface area contributed by atoms with Crippen LogP contribution in [0, 0.1) is 17.8 Å². The summed E-state index contributed by atoms with van der Waals surface area (Å²) >= 11 is 6.06. The number of aliphatic hydroxyl groups is 1. The molecule has 0 radical (unpaired) electrons. The Hall–Kier alpha value is -0.730. The van der Waals surface area contributed by atoms with Crippen molar-refractivity contribution in [2.75, 3.05) is 7.11 Å². The van der Waals surface area contributed by atoms with Crippen molar-refractivity contribution in [1.82, 2.24) is 0 Å². The molecule has 1 aliphatic carbocycles. The van der Waals surface area contributed by atoms with Crippen molar-refractivity contribution < 1.29 is 9.84 Å². The van der Waals surface area contributed by atoms with Crippen LogP contribution in [0.15, 0.2) is 18.2 Å². The lowest BCUT2D eigenvalue weighted by Gasteiger charge is -2.33. The molecular formula is C18H27ClO2. The molecule has 118 valence electrons. The van der Waals surface area contributed by atoms with Gasteiger partial charge in [-0.15, -0.1) is 0 Å². The molecule has 0 aromatic heterocycles. The first-order valence-corrected chi connectivity index (χ1v) is 8.39. The maximum atomic E-state index is 10.6. The Morgan fingerprint density at radius 2 is 1.81 bits per heavy atom. The summed E-state index contributed by atoms with van der Waals surface area (Å²) in [5.41, 5.74) is 1.00. The molecule has 1 fully saturated rings. The van der Waals surface area contributed by atoms with Crippen LogP contribution in [-0.2, 0) is 6.42 Å². The standard InChI is InChI=1S/C18H27ClO2/c1-12(2)13-4-6-14(7-5-13)17(20)11-15-10-16(19)8-9-18(15)21-3/h8-10,12-14,17,20H,4-7,11H2,1-3H3. The smallest absolute Gasteiger partial charge is 0.122 e. The highest BCUT2D eigenvalue weighted by Crippen LogP contribution is 2.36. The first-order valence-electron chi connectivity index (χ1n) is 8.01. The fraction of sp³-hybridized carbons (Fsp3) is 0.667. The van der Waals surface area contributed by atoms with E-state index in [1.807, 2.05) is 18.2 Å². The van der Waals surface area contributed by atoms with E-state index in [4.69, 9.17) is 16.3 Å². The minimum Gasteiger partial charge on any atom is -0.496 e. The lowest BCUT2D eigenvalue weighted by molar-refractivity contribution is 0.0670. The molecule has 2 nitrogen and oxygen atoms in total. The number of benzene rings is 1. The van der Waals surface area contributed by atoms with Crippen molar-refractivity contribution in [2.24, 2.45) is 17.8 Å². The molecule has 1 atom stereocenters. The molecule has 1 unspecified atom stereocenters. The number of rotatable bonds is 5. The van der Waals surface area contributed by atoms with Gasteiger partial charge in [0.05, 0.1) is 13.2 Å². The Morgan fingerprint density at radius 1 is 1.19 bits per heavy atom. The summed E-state index contributed by atoms with van der Waals surface area (Å²) < 4.78 is 5.37. The van der Waals surface area contributed by atoms with Gasteiger partial charge >= 0.3 is 0 Å². The molecule has 0 aliphatic heterocycles. The van der Waals surface area contributed by atoms with E-state index in [1.165, 1.54) is 12.8 Å². The van der Waals surface area contributed by atoms with Crippen LogP contribution in [0.4, 0.5) is 0 Å². The summed E-state index contributed by atoms with van der Waals surface area (Å²) in [4.78, 5) is 0. The molecule has 0 saturated heterocycles. The molecule has 1 saturated carbocycles.